The van der Waals surface area contributed by atoms with Gasteiger partial charge < -0.3 is 10.4 Å². The molecule has 1 aromatic carbocycles. The van der Waals surface area contributed by atoms with Crippen LogP contribution in [-0.2, 0) is 6.18 Å². The SMILES string of the molecule is O=C(Nc1ccc(C(F)(F)F)cc1C(=O)O)c1cn[nH]n1. The predicted molar refractivity (Wildman–Crippen MR) is 62.7 cm³/mol. The van der Waals surface area contributed by atoms with Crippen LogP contribution in [0.1, 0.15) is 26.4 Å². The van der Waals surface area contributed by atoms with E-state index in [1.165, 1.54) is 0 Å². The highest BCUT2D eigenvalue weighted by molar-refractivity contribution is 6.06. The predicted octanol–water partition coefficient (Wildman–Crippen LogP) is 1.77. The molecule has 2 rings (SSSR count). The average molecular weight is 300 g/mol. The van der Waals surface area contributed by atoms with Gasteiger partial charge in [-0.3, -0.25) is 4.79 Å². The lowest BCUT2D eigenvalue weighted by atomic mass is 10.1. The number of halogens is 3. The molecule has 110 valence electrons. The lowest BCUT2D eigenvalue weighted by molar-refractivity contribution is -0.137. The number of aromatic amines is 1. The number of anilines is 1. The summed E-state index contributed by atoms with van der Waals surface area (Å²) in [4.78, 5) is 22.7. The van der Waals surface area contributed by atoms with Crippen LogP contribution in [0.5, 0.6) is 0 Å². The van der Waals surface area contributed by atoms with Crippen molar-refractivity contribution in [2.24, 2.45) is 0 Å². The Kier molecular flexibility index (Phi) is 3.61. The second-order valence-electron chi connectivity index (χ2n) is 3.87. The van der Waals surface area contributed by atoms with Crippen molar-refractivity contribution in [3.05, 3.63) is 41.2 Å². The largest absolute Gasteiger partial charge is 0.478 e. The van der Waals surface area contributed by atoms with E-state index in [0.29, 0.717) is 12.1 Å². The summed E-state index contributed by atoms with van der Waals surface area (Å²) >= 11 is 0. The average Bonchev–Trinajstić information content (AvgIpc) is 2.91. The monoisotopic (exact) mass is 300 g/mol. The molecule has 1 aromatic heterocycles. The topological polar surface area (TPSA) is 108 Å². The Morgan fingerprint density at radius 2 is 2.00 bits per heavy atom. The van der Waals surface area contributed by atoms with Crippen molar-refractivity contribution < 1.29 is 27.9 Å². The molecule has 0 aliphatic rings. The Morgan fingerprint density at radius 3 is 2.52 bits per heavy atom. The highest BCUT2D eigenvalue weighted by Crippen LogP contribution is 2.32. The quantitative estimate of drug-likeness (QED) is 0.800. The van der Waals surface area contributed by atoms with Crippen LogP contribution in [0.4, 0.5) is 18.9 Å². The molecule has 2 aromatic rings. The minimum atomic E-state index is -4.68. The molecule has 0 atom stereocenters. The smallest absolute Gasteiger partial charge is 0.416 e. The Morgan fingerprint density at radius 1 is 1.29 bits per heavy atom. The van der Waals surface area contributed by atoms with Crippen molar-refractivity contribution in [3.8, 4) is 0 Å². The van der Waals surface area contributed by atoms with E-state index >= 15 is 0 Å². The number of rotatable bonds is 3. The summed E-state index contributed by atoms with van der Waals surface area (Å²) in [6.45, 7) is 0. The van der Waals surface area contributed by atoms with Gasteiger partial charge in [0.05, 0.1) is 23.0 Å². The summed E-state index contributed by atoms with van der Waals surface area (Å²) in [6.07, 6.45) is -3.60. The van der Waals surface area contributed by atoms with E-state index in [1.54, 1.807) is 0 Å². The number of hydrogen-bond donors (Lipinski definition) is 3. The third kappa shape index (κ3) is 3.16. The highest BCUT2D eigenvalue weighted by Gasteiger charge is 2.32. The Balaban J connectivity index is 2.35. The van der Waals surface area contributed by atoms with Crippen molar-refractivity contribution in [2.75, 3.05) is 5.32 Å². The van der Waals surface area contributed by atoms with Gasteiger partial charge in [0.15, 0.2) is 5.69 Å². The first-order valence-electron chi connectivity index (χ1n) is 5.40. The third-order valence-electron chi connectivity index (χ3n) is 2.47. The number of carbonyl (C=O) groups is 2. The number of benzene rings is 1. The molecule has 0 saturated heterocycles. The van der Waals surface area contributed by atoms with Gasteiger partial charge in [0.25, 0.3) is 5.91 Å². The summed E-state index contributed by atoms with van der Waals surface area (Å²) < 4.78 is 37.6. The Hall–Kier alpha value is -2.91. The van der Waals surface area contributed by atoms with Crippen molar-refractivity contribution >= 4 is 17.6 Å². The molecule has 0 radical (unpaired) electrons. The lowest BCUT2D eigenvalue weighted by Gasteiger charge is -2.11. The summed E-state index contributed by atoms with van der Waals surface area (Å²) in [5.41, 5.74) is -2.21. The number of nitrogens with one attached hydrogen (secondary N) is 2. The molecular formula is C11H7F3N4O3. The molecule has 0 aliphatic carbocycles. The molecule has 0 aliphatic heterocycles. The number of aromatic carboxylic acids is 1. The first-order valence-corrected chi connectivity index (χ1v) is 5.40. The summed E-state index contributed by atoms with van der Waals surface area (Å²) in [6, 6.07) is 1.98. The number of carboxylic acid groups (broad SMARTS) is 1. The zero-order valence-corrected chi connectivity index (χ0v) is 10.1. The number of carboxylic acids is 1. The molecule has 1 heterocycles. The van der Waals surface area contributed by atoms with Crippen LogP contribution in [0.15, 0.2) is 24.4 Å². The van der Waals surface area contributed by atoms with Crippen LogP contribution in [-0.4, -0.2) is 32.4 Å². The fourth-order valence-electron chi connectivity index (χ4n) is 1.50. The molecule has 7 nitrogen and oxygen atoms in total. The van der Waals surface area contributed by atoms with Gasteiger partial charge in [0, 0.05) is 0 Å². The van der Waals surface area contributed by atoms with E-state index < -0.39 is 29.2 Å². The first kappa shape index (κ1) is 14.5. The second-order valence-corrected chi connectivity index (χ2v) is 3.87. The van der Waals surface area contributed by atoms with Gasteiger partial charge in [-0.25, -0.2) is 4.79 Å². The first-order chi connectivity index (χ1) is 9.79. The molecule has 0 saturated carbocycles. The number of amides is 1. The third-order valence-corrected chi connectivity index (χ3v) is 2.47. The van der Waals surface area contributed by atoms with Gasteiger partial charge in [0.1, 0.15) is 0 Å². The minimum Gasteiger partial charge on any atom is -0.478 e. The summed E-state index contributed by atoms with van der Waals surface area (Å²) in [5, 5.41) is 20.1. The lowest BCUT2D eigenvalue weighted by Crippen LogP contribution is -2.16. The summed E-state index contributed by atoms with van der Waals surface area (Å²) in [5.74, 6) is -2.40. The zero-order valence-electron chi connectivity index (χ0n) is 10.1. The maximum atomic E-state index is 12.5. The second kappa shape index (κ2) is 5.23. The molecule has 0 unspecified atom stereocenters. The fraction of sp³-hybridized carbons (Fsp3) is 0.0909. The zero-order chi connectivity index (χ0) is 15.6. The van der Waals surface area contributed by atoms with Crippen LogP contribution in [0.3, 0.4) is 0 Å². The van der Waals surface area contributed by atoms with E-state index in [2.05, 4.69) is 20.7 Å². The summed E-state index contributed by atoms with van der Waals surface area (Å²) in [7, 11) is 0. The molecule has 0 fully saturated rings. The van der Waals surface area contributed by atoms with Gasteiger partial charge in [-0.15, -0.1) is 0 Å². The molecule has 0 bridgehead atoms. The number of aromatic nitrogens is 3. The number of alkyl halides is 3. The Bertz CT molecular complexity index is 683. The van der Waals surface area contributed by atoms with Crippen molar-refractivity contribution in [1.82, 2.24) is 15.4 Å². The normalized spacial score (nSPS) is 11.2. The van der Waals surface area contributed by atoms with Crippen LogP contribution >= 0.6 is 0 Å². The van der Waals surface area contributed by atoms with Crippen molar-refractivity contribution in [2.45, 2.75) is 6.18 Å². The van der Waals surface area contributed by atoms with E-state index in [-0.39, 0.29) is 11.4 Å². The van der Waals surface area contributed by atoms with Crippen molar-refractivity contribution in [1.29, 1.82) is 0 Å². The van der Waals surface area contributed by atoms with Gasteiger partial charge in [-0.1, -0.05) is 0 Å². The molecule has 3 N–H and O–H groups in total. The number of hydrogen-bond acceptors (Lipinski definition) is 4. The van der Waals surface area contributed by atoms with Gasteiger partial charge in [0.2, 0.25) is 0 Å². The fourth-order valence-corrected chi connectivity index (χ4v) is 1.50. The van der Waals surface area contributed by atoms with Crippen molar-refractivity contribution in [3.63, 3.8) is 0 Å². The highest BCUT2D eigenvalue weighted by atomic mass is 19.4. The van der Waals surface area contributed by atoms with Crippen LogP contribution in [0.25, 0.3) is 0 Å². The van der Waals surface area contributed by atoms with Crippen LogP contribution in [0, 0.1) is 0 Å². The van der Waals surface area contributed by atoms with E-state index in [4.69, 9.17) is 5.11 Å². The molecule has 21 heavy (non-hydrogen) atoms. The van der Waals surface area contributed by atoms with E-state index in [1.807, 2.05) is 0 Å². The van der Waals surface area contributed by atoms with Crippen LogP contribution in [0.2, 0.25) is 0 Å². The maximum absolute atomic E-state index is 12.5. The number of nitrogens with zero attached hydrogens (tertiary/aromatic N) is 2. The minimum absolute atomic E-state index is 0.133. The van der Waals surface area contributed by atoms with Crippen LogP contribution < -0.4 is 5.32 Å². The van der Waals surface area contributed by atoms with Gasteiger partial charge >= 0.3 is 12.1 Å². The Labute approximate surface area is 114 Å². The molecule has 1 amide bonds. The van der Waals surface area contributed by atoms with Gasteiger partial charge in [-0.2, -0.15) is 28.6 Å². The van der Waals surface area contributed by atoms with E-state index in [9.17, 15) is 22.8 Å². The molecular weight excluding hydrogens is 293 g/mol. The maximum Gasteiger partial charge on any atom is 0.416 e. The molecule has 0 spiro atoms. The van der Waals surface area contributed by atoms with Gasteiger partial charge in [-0.05, 0) is 18.2 Å². The van der Waals surface area contributed by atoms with E-state index in [0.717, 1.165) is 12.3 Å². The standard InChI is InChI=1S/C11H7F3N4O3/c12-11(13,14)5-1-2-7(6(3-5)10(20)21)16-9(19)8-4-15-18-17-8/h1-4H,(H,16,19)(H,20,21)(H,15,17,18). The number of H-pyrrole nitrogens is 1. The number of carbonyl (C=O) groups excluding carboxylic acids is 1. The molecule has 10 heteroatoms.